The highest BCUT2D eigenvalue weighted by Gasteiger charge is 2.48. The lowest BCUT2D eigenvalue weighted by atomic mass is 9.88. The van der Waals surface area contributed by atoms with E-state index in [-0.39, 0.29) is 23.2 Å². The van der Waals surface area contributed by atoms with Crippen LogP contribution in [0.5, 0.6) is 0 Å². The van der Waals surface area contributed by atoms with Crippen LogP contribution in [-0.4, -0.2) is 38.7 Å². The number of allylic oxidation sites excluding steroid dienone is 2. The van der Waals surface area contributed by atoms with Crippen LogP contribution >= 0.6 is 0 Å². The van der Waals surface area contributed by atoms with Gasteiger partial charge in [-0.15, -0.1) is 0 Å². The van der Waals surface area contributed by atoms with Crippen LogP contribution in [0.15, 0.2) is 23.8 Å². The topological polar surface area (TPSA) is 55.8 Å². The summed E-state index contributed by atoms with van der Waals surface area (Å²) in [5.74, 6) is 1.94. The Balaban J connectivity index is 2.06. The van der Waals surface area contributed by atoms with Crippen LogP contribution in [0.4, 0.5) is 0 Å². The van der Waals surface area contributed by atoms with Crippen molar-refractivity contribution in [3.63, 3.8) is 0 Å². The zero-order valence-corrected chi connectivity index (χ0v) is 24.9. The van der Waals surface area contributed by atoms with Crippen LogP contribution in [0.1, 0.15) is 98.8 Å². The molecule has 35 heavy (non-hydrogen) atoms. The molecule has 0 bridgehead atoms. The molecule has 0 aromatic heterocycles. The molecule has 2 aliphatic rings. The Morgan fingerprint density at radius 2 is 1.97 bits per heavy atom. The van der Waals surface area contributed by atoms with Crippen molar-refractivity contribution in [2.24, 2.45) is 23.7 Å². The molecule has 2 aliphatic carbocycles. The molecule has 0 radical (unpaired) electrons. The Morgan fingerprint density at radius 1 is 1.26 bits per heavy atom. The van der Waals surface area contributed by atoms with Gasteiger partial charge in [0.15, 0.2) is 8.32 Å². The minimum absolute atomic E-state index is 0.110. The van der Waals surface area contributed by atoms with Crippen molar-refractivity contribution in [3.8, 4) is 0 Å². The molecule has 5 heteroatoms. The van der Waals surface area contributed by atoms with E-state index in [9.17, 15) is 9.90 Å². The number of fused-ring (bicyclic) bond motifs is 1. The first-order valence-electron chi connectivity index (χ1n) is 14.2. The Labute approximate surface area is 217 Å². The largest absolute Gasteiger partial charge is 0.469 e. The van der Waals surface area contributed by atoms with Crippen LogP contribution in [0.25, 0.3) is 0 Å². The van der Waals surface area contributed by atoms with Crippen LogP contribution < -0.4 is 0 Å². The van der Waals surface area contributed by atoms with Gasteiger partial charge in [0.1, 0.15) is 0 Å². The molecule has 2 rings (SSSR count). The van der Waals surface area contributed by atoms with Gasteiger partial charge in [-0.2, -0.15) is 0 Å². The van der Waals surface area contributed by atoms with Gasteiger partial charge in [-0.05, 0) is 74.4 Å². The molecular weight excluding hydrogens is 452 g/mol. The maximum atomic E-state index is 11.4. The minimum Gasteiger partial charge on any atom is -0.469 e. The lowest BCUT2D eigenvalue weighted by Gasteiger charge is -2.40. The molecule has 6 atom stereocenters. The van der Waals surface area contributed by atoms with Gasteiger partial charge in [-0.1, -0.05) is 77.7 Å². The zero-order chi connectivity index (χ0) is 26.2. The quantitative estimate of drug-likeness (QED) is 0.113. The number of ether oxygens (including phenoxy) is 1. The van der Waals surface area contributed by atoms with Gasteiger partial charge in [0.2, 0.25) is 0 Å². The summed E-state index contributed by atoms with van der Waals surface area (Å²) in [6.45, 7) is 16.1. The van der Waals surface area contributed by atoms with Gasteiger partial charge in [-0.3, -0.25) is 4.79 Å². The summed E-state index contributed by atoms with van der Waals surface area (Å²) in [4.78, 5) is 11.4. The van der Waals surface area contributed by atoms with E-state index in [0.717, 1.165) is 38.5 Å². The van der Waals surface area contributed by atoms with Crippen LogP contribution in [-0.2, 0) is 14.0 Å². The maximum Gasteiger partial charge on any atom is 0.305 e. The number of rotatable bonds is 14. The molecule has 1 N–H and O–H groups in total. The fourth-order valence-corrected chi connectivity index (χ4v) is 6.95. The summed E-state index contributed by atoms with van der Waals surface area (Å²) in [5, 5.41) is 10.9. The van der Waals surface area contributed by atoms with Crippen molar-refractivity contribution in [2.75, 3.05) is 7.11 Å². The number of methoxy groups -OCH3 is 1. The minimum atomic E-state index is -1.88. The Morgan fingerprint density at radius 3 is 2.60 bits per heavy atom. The molecule has 0 spiro atoms. The molecule has 0 aromatic rings. The summed E-state index contributed by atoms with van der Waals surface area (Å²) in [7, 11) is -0.415. The lowest BCUT2D eigenvalue weighted by molar-refractivity contribution is -0.140. The average molecular weight is 507 g/mol. The highest BCUT2D eigenvalue weighted by molar-refractivity contribution is 6.74. The van der Waals surface area contributed by atoms with Gasteiger partial charge in [0, 0.05) is 12.3 Å². The fraction of sp³-hybridized carbons (Fsp3) is 0.833. The number of carbonyl (C=O) groups is 1. The van der Waals surface area contributed by atoms with Crippen molar-refractivity contribution in [1.29, 1.82) is 0 Å². The SMILES string of the molecule is CCCC[C@H](C)C[C@H](O)/C=C/[C@@H]1[C@H]2CC(CCCCC(=O)OC)=C[C@H]2C[C@H]1O[Si](C)(C)C(C)(C)C. The number of unbranched alkanes of at least 4 members (excludes halogenated alkanes) is 2. The first-order valence-corrected chi connectivity index (χ1v) is 17.1. The molecule has 202 valence electrons. The smallest absolute Gasteiger partial charge is 0.305 e. The standard InChI is InChI=1S/C30H54O4Si/c1-9-10-13-22(2)18-25(31)16-17-26-27-20-23(14-11-12-15-29(32)33-6)19-24(27)21-28(26)34-35(7,8)30(3,4)5/h16-17,19,22,24-28,31H,9-15,18,20-21H2,1-8H3/b17-16+/t22-,24-,25+,26+,27-,28+/m0/s1. The van der Waals surface area contributed by atoms with E-state index in [1.54, 1.807) is 5.57 Å². The van der Waals surface area contributed by atoms with Crippen molar-refractivity contribution < 1.29 is 19.1 Å². The van der Waals surface area contributed by atoms with E-state index in [1.807, 2.05) is 0 Å². The molecule has 1 saturated carbocycles. The van der Waals surface area contributed by atoms with E-state index < -0.39 is 8.32 Å². The molecule has 1 fully saturated rings. The van der Waals surface area contributed by atoms with Crippen molar-refractivity contribution in [3.05, 3.63) is 23.8 Å². The highest BCUT2D eigenvalue weighted by atomic mass is 28.4. The second kappa shape index (κ2) is 13.6. The third-order valence-corrected chi connectivity index (χ3v) is 13.3. The molecular formula is C30H54O4Si. The summed E-state index contributed by atoms with van der Waals surface area (Å²) in [6, 6.07) is 0. The second-order valence-corrected chi connectivity index (χ2v) is 17.6. The van der Waals surface area contributed by atoms with E-state index >= 15 is 0 Å². The van der Waals surface area contributed by atoms with E-state index in [2.05, 4.69) is 65.9 Å². The Bertz CT molecular complexity index is 720. The molecule has 0 heterocycles. The van der Waals surface area contributed by atoms with Gasteiger partial charge in [0.25, 0.3) is 0 Å². The van der Waals surface area contributed by atoms with Crippen molar-refractivity contribution >= 4 is 14.3 Å². The Hall–Kier alpha value is -0.913. The van der Waals surface area contributed by atoms with Crippen molar-refractivity contribution in [1.82, 2.24) is 0 Å². The molecule has 4 nitrogen and oxygen atoms in total. The summed E-state index contributed by atoms with van der Waals surface area (Å²) < 4.78 is 11.7. The van der Waals surface area contributed by atoms with Gasteiger partial charge in [-0.25, -0.2) is 0 Å². The molecule has 0 aromatic carbocycles. The molecule has 0 amide bonds. The van der Waals surface area contributed by atoms with Gasteiger partial charge < -0.3 is 14.3 Å². The van der Waals surface area contributed by atoms with Gasteiger partial charge in [0.05, 0.1) is 19.3 Å². The molecule has 0 unspecified atom stereocenters. The van der Waals surface area contributed by atoms with Crippen LogP contribution in [0.3, 0.4) is 0 Å². The number of carbonyl (C=O) groups excluding carboxylic acids is 1. The number of aliphatic hydroxyl groups excluding tert-OH is 1. The first-order chi connectivity index (χ1) is 16.4. The third-order valence-electron chi connectivity index (χ3n) is 8.78. The zero-order valence-electron chi connectivity index (χ0n) is 23.9. The average Bonchev–Trinajstić information content (AvgIpc) is 3.29. The first kappa shape index (κ1) is 30.3. The van der Waals surface area contributed by atoms with E-state index in [1.165, 1.54) is 26.4 Å². The number of hydrogen-bond donors (Lipinski definition) is 1. The number of aliphatic hydroxyl groups is 1. The van der Waals surface area contributed by atoms with E-state index in [4.69, 9.17) is 9.16 Å². The predicted octanol–water partition coefficient (Wildman–Crippen LogP) is 7.83. The summed E-state index contributed by atoms with van der Waals surface area (Å²) in [6.07, 6.45) is 17.0. The number of esters is 1. The normalized spacial score (nSPS) is 26.6. The summed E-state index contributed by atoms with van der Waals surface area (Å²) >= 11 is 0. The third kappa shape index (κ3) is 9.16. The van der Waals surface area contributed by atoms with Crippen molar-refractivity contribution in [2.45, 2.75) is 129 Å². The lowest BCUT2D eigenvalue weighted by Crippen LogP contribution is -2.45. The second-order valence-electron chi connectivity index (χ2n) is 12.8. The monoisotopic (exact) mass is 506 g/mol. The number of hydrogen-bond acceptors (Lipinski definition) is 4. The van der Waals surface area contributed by atoms with E-state index in [0.29, 0.717) is 30.1 Å². The summed E-state index contributed by atoms with van der Waals surface area (Å²) in [5.41, 5.74) is 1.54. The molecule has 0 saturated heterocycles. The molecule has 0 aliphatic heterocycles. The van der Waals surface area contributed by atoms with Gasteiger partial charge >= 0.3 is 5.97 Å². The highest BCUT2D eigenvalue weighted by Crippen LogP contribution is 2.51. The fourth-order valence-electron chi connectivity index (χ4n) is 5.59. The maximum absolute atomic E-state index is 11.4. The van der Waals surface area contributed by atoms with Crippen LogP contribution in [0.2, 0.25) is 18.1 Å². The Kier molecular flexibility index (Phi) is 11.8. The predicted molar refractivity (Wildman–Crippen MR) is 149 cm³/mol. The van der Waals surface area contributed by atoms with Crippen LogP contribution in [0, 0.1) is 23.7 Å².